The van der Waals surface area contributed by atoms with Gasteiger partial charge in [-0.1, -0.05) is 12.1 Å². The van der Waals surface area contributed by atoms with Gasteiger partial charge in [0.2, 0.25) is 0 Å². The lowest BCUT2D eigenvalue weighted by molar-refractivity contribution is 0.0693. The van der Waals surface area contributed by atoms with Gasteiger partial charge in [0.15, 0.2) is 5.78 Å². The Morgan fingerprint density at radius 2 is 1.87 bits per heavy atom. The first-order valence-electron chi connectivity index (χ1n) is 4.30. The molecular weight excluding hydrogens is 196 g/mol. The van der Waals surface area contributed by atoms with Gasteiger partial charge in [-0.15, -0.1) is 0 Å². The van der Waals surface area contributed by atoms with Crippen molar-refractivity contribution in [3.8, 4) is 5.75 Å². The van der Waals surface area contributed by atoms with Crippen LogP contribution in [0.1, 0.15) is 27.6 Å². The molecule has 0 fully saturated rings. The van der Waals surface area contributed by atoms with Crippen LogP contribution >= 0.6 is 0 Å². The van der Waals surface area contributed by atoms with Gasteiger partial charge in [0.05, 0.1) is 5.56 Å². The molecule has 0 radical (unpaired) electrons. The van der Waals surface area contributed by atoms with Crippen LogP contribution in [0.4, 0.5) is 0 Å². The Kier molecular flexibility index (Phi) is 3.23. The number of carbonyl (C=O) groups excluding carboxylic acids is 1. The van der Waals surface area contributed by atoms with Crippen LogP contribution in [0.25, 0.3) is 0 Å². The predicted octanol–water partition coefficient (Wildman–Crippen LogP) is 1.85. The molecule has 1 aromatic carbocycles. The van der Waals surface area contributed by atoms with E-state index in [1.54, 1.807) is 6.92 Å². The van der Waals surface area contributed by atoms with Crippen molar-refractivity contribution in [2.45, 2.75) is 6.92 Å². The van der Waals surface area contributed by atoms with E-state index in [9.17, 15) is 14.7 Å². The second-order valence-corrected chi connectivity index (χ2v) is 2.87. The molecule has 1 rings (SSSR count). The van der Waals surface area contributed by atoms with Gasteiger partial charge in [0.1, 0.15) is 11.3 Å². The molecule has 78 valence electrons. The van der Waals surface area contributed by atoms with Gasteiger partial charge in [-0.05, 0) is 25.1 Å². The molecule has 0 heterocycles. The van der Waals surface area contributed by atoms with Gasteiger partial charge >= 0.3 is 5.97 Å². The van der Waals surface area contributed by atoms with E-state index in [1.807, 2.05) is 0 Å². The van der Waals surface area contributed by atoms with Crippen molar-refractivity contribution in [2.75, 3.05) is 0 Å². The van der Waals surface area contributed by atoms with Crippen LogP contribution in [0.15, 0.2) is 30.4 Å². The predicted molar refractivity (Wildman–Crippen MR) is 54.2 cm³/mol. The molecule has 0 aliphatic rings. The summed E-state index contributed by atoms with van der Waals surface area (Å²) in [6.45, 7) is 1.66. The Labute approximate surface area is 86.5 Å². The average molecular weight is 206 g/mol. The number of carboxylic acid groups (broad SMARTS) is 1. The summed E-state index contributed by atoms with van der Waals surface area (Å²) in [5.41, 5.74) is -0.279. The van der Waals surface area contributed by atoms with Crippen LogP contribution in [0.5, 0.6) is 5.75 Å². The minimum atomic E-state index is -1.26. The highest BCUT2D eigenvalue weighted by atomic mass is 16.4. The Morgan fingerprint density at radius 3 is 2.40 bits per heavy atom. The quantitative estimate of drug-likeness (QED) is 0.584. The second-order valence-electron chi connectivity index (χ2n) is 2.87. The zero-order valence-corrected chi connectivity index (χ0v) is 8.10. The van der Waals surface area contributed by atoms with Gasteiger partial charge in [-0.25, -0.2) is 4.79 Å². The third-order valence-electron chi connectivity index (χ3n) is 1.85. The average Bonchev–Trinajstić information content (AvgIpc) is 2.17. The summed E-state index contributed by atoms with van der Waals surface area (Å²) < 4.78 is 0. The van der Waals surface area contributed by atoms with Gasteiger partial charge in [0, 0.05) is 0 Å². The zero-order valence-electron chi connectivity index (χ0n) is 8.10. The molecule has 0 atom stereocenters. The smallest absolute Gasteiger partial charge is 0.339 e. The van der Waals surface area contributed by atoms with E-state index in [0.29, 0.717) is 0 Å². The van der Waals surface area contributed by atoms with Gasteiger partial charge in [-0.2, -0.15) is 0 Å². The van der Waals surface area contributed by atoms with E-state index in [2.05, 4.69) is 0 Å². The summed E-state index contributed by atoms with van der Waals surface area (Å²) in [6, 6.07) is 4.04. The number of para-hydroxylation sites is 1. The summed E-state index contributed by atoms with van der Waals surface area (Å²) in [6.07, 6.45) is 2.79. The van der Waals surface area contributed by atoms with Crippen molar-refractivity contribution in [3.05, 3.63) is 41.5 Å². The molecule has 4 nitrogen and oxygen atoms in total. The lowest BCUT2D eigenvalue weighted by Gasteiger charge is -2.03. The number of hydrogen-bond donors (Lipinski definition) is 2. The summed E-state index contributed by atoms with van der Waals surface area (Å²) in [5.74, 6) is -2.17. The van der Waals surface area contributed by atoms with Crippen molar-refractivity contribution >= 4 is 11.8 Å². The molecule has 4 heteroatoms. The Hall–Kier alpha value is -2.10. The van der Waals surface area contributed by atoms with Crippen molar-refractivity contribution in [1.82, 2.24) is 0 Å². The third-order valence-corrected chi connectivity index (χ3v) is 1.85. The van der Waals surface area contributed by atoms with E-state index in [-0.39, 0.29) is 11.1 Å². The summed E-state index contributed by atoms with van der Waals surface area (Å²) in [5, 5.41) is 18.2. The SMILES string of the molecule is C/C=C/C(=O)c1cccc(C(=O)O)c1O. The molecule has 0 unspecified atom stereocenters. The van der Waals surface area contributed by atoms with Gasteiger partial charge < -0.3 is 10.2 Å². The number of aromatic hydroxyl groups is 1. The normalized spacial score (nSPS) is 10.5. The number of ketones is 1. The number of rotatable bonds is 3. The minimum absolute atomic E-state index is 0.00648. The van der Waals surface area contributed by atoms with Crippen LogP contribution in [0, 0.1) is 0 Å². The first-order valence-corrected chi connectivity index (χ1v) is 4.30. The molecule has 2 N–H and O–H groups in total. The minimum Gasteiger partial charge on any atom is -0.506 e. The monoisotopic (exact) mass is 206 g/mol. The van der Waals surface area contributed by atoms with Gasteiger partial charge in [0.25, 0.3) is 0 Å². The van der Waals surface area contributed by atoms with Gasteiger partial charge in [-0.3, -0.25) is 4.79 Å². The molecule has 0 saturated carbocycles. The fourth-order valence-electron chi connectivity index (χ4n) is 1.16. The summed E-state index contributed by atoms with van der Waals surface area (Å²) in [4.78, 5) is 22.1. The number of phenols is 1. The van der Waals surface area contributed by atoms with Crippen molar-refractivity contribution in [3.63, 3.8) is 0 Å². The Balaban J connectivity index is 3.27. The molecule has 1 aromatic rings. The van der Waals surface area contributed by atoms with E-state index in [1.165, 1.54) is 30.4 Å². The number of hydrogen-bond acceptors (Lipinski definition) is 3. The molecule has 0 aliphatic heterocycles. The maximum absolute atomic E-state index is 11.4. The fraction of sp³-hybridized carbons (Fsp3) is 0.0909. The highest BCUT2D eigenvalue weighted by Gasteiger charge is 2.15. The summed E-state index contributed by atoms with van der Waals surface area (Å²) >= 11 is 0. The zero-order chi connectivity index (χ0) is 11.4. The van der Waals surface area contributed by atoms with Crippen LogP contribution in [0.2, 0.25) is 0 Å². The molecule has 0 spiro atoms. The third kappa shape index (κ3) is 2.22. The topological polar surface area (TPSA) is 74.6 Å². The number of carbonyl (C=O) groups is 2. The van der Waals surface area contributed by atoms with E-state index >= 15 is 0 Å². The van der Waals surface area contributed by atoms with E-state index < -0.39 is 17.5 Å². The van der Waals surface area contributed by atoms with Crippen LogP contribution in [-0.4, -0.2) is 22.0 Å². The lowest BCUT2D eigenvalue weighted by Crippen LogP contribution is -2.02. The number of carboxylic acids is 1. The molecule has 0 amide bonds. The van der Waals surface area contributed by atoms with Crippen molar-refractivity contribution in [2.24, 2.45) is 0 Å². The van der Waals surface area contributed by atoms with Crippen LogP contribution in [0.3, 0.4) is 0 Å². The van der Waals surface area contributed by atoms with Crippen LogP contribution < -0.4 is 0 Å². The number of benzene rings is 1. The number of allylic oxidation sites excluding steroid dienone is 2. The second kappa shape index (κ2) is 4.41. The fourth-order valence-corrected chi connectivity index (χ4v) is 1.16. The molecule has 0 aliphatic carbocycles. The largest absolute Gasteiger partial charge is 0.506 e. The molecular formula is C11H10O4. The Bertz CT molecular complexity index is 432. The van der Waals surface area contributed by atoms with Crippen molar-refractivity contribution < 1.29 is 19.8 Å². The molecule has 0 bridgehead atoms. The molecule has 0 aromatic heterocycles. The highest BCUT2D eigenvalue weighted by molar-refractivity contribution is 6.08. The van der Waals surface area contributed by atoms with Crippen molar-refractivity contribution in [1.29, 1.82) is 0 Å². The highest BCUT2D eigenvalue weighted by Crippen LogP contribution is 2.23. The maximum atomic E-state index is 11.4. The van der Waals surface area contributed by atoms with E-state index in [4.69, 9.17) is 5.11 Å². The maximum Gasteiger partial charge on any atom is 0.339 e. The molecule has 0 saturated heterocycles. The first-order chi connectivity index (χ1) is 7.07. The van der Waals surface area contributed by atoms with E-state index in [0.717, 1.165) is 0 Å². The van der Waals surface area contributed by atoms with Crippen LogP contribution in [-0.2, 0) is 0 Å². The standard InChI is InChI=1S/C11H10O4/c1-2-4-9(12)7-5-3-6-8(10(7)13)11(14)15/h2-6,13H,1H3,(H,14,15)/b4-2+. The molecule has 15 heavy (non-hydrogen) atoms. The first kappa shape index (κ1) is 11.0. The number of aromatic carboxylic acids is 1. The Morgan fingerprint density at radius 1 is 1.27 bits per heavy atom. The lowest BCUT2D eigenvalue weighted by atomic mass is 10.0. The summed E-state index contributed by atoms with van der Waals surface area (Å²) in [7, 11) is 0.